The molecule has 3 nitrogen and oxygen atoms in total. The second kappa shape index (κ2) is 3.52. The molecule has 0 saturated heterocycles. The minimum Gasteiger partial charge on any atom is -0.294 e. The summed E-state index contributed by atoms with van der Waals surface area (Å²) in [5.74, 6) is 0.0737. The molecule has 0 aromatic carbocycles. The van der Waals surface area contributed by atoms with Gasteiger partial charge in [0.05, 0.1) is 11.8 Å². The first-order chi connectivity index (χ1) is 5.65. The zero-order chi connectivity index (χ0) is 9.14. The standard InChI is InChI=1S/C9H14N2O/c1-4-7(2)11-6-9(5-10-11)8(3)12/h5-7H,4H2,1-3H3. The van der Waals surface area contributed by atoms with Crippen LogP contribution in [0.4, 0.5) is 0 Å². The van der Waals surface area contributed by atoms with Gasteiger partial charge >= 0.3 is 0 Å². The van der Waals surface area contributed by atoms with Crippen LogP contribution in [0.3, 0.4) is 0 Å². The van der Waals surface area contributed by atoms with Crippen molar-refractivity contribution in [3.05, 3.63) is 18.0 Å². The van der Waals surface area contributed by atoms with Gasteiger partial charge in [0.1, 0.15) is 0 Å². The fourth-order valence-electron chi connectivity index (χ4n) is 0.948. The highest BCUT2D eigenvalue weighted by Crippen LogP contribution is 2.09. The van der Waals surface area contributed by atoms with Crippen LogP contribution in [0.25, 0.3) is 0 Å². The van der Waals surface area contributed by atoms with E-state index in [-0.39, 0.29) is 5.78 Å². The predicted molar refractivity (Wildman–Crippen MR) is 47.2 cm³/mol. The molecule has 0 saturated carbocycles. The van der Waals surface area contributed by atoms with Gasteiger partial charge in [0.25, 0.3) is 0 Å². The number of hydrogen-bond donors (Lipinski definition) is 0. The number of hydrogen-bond acceptors (Lipinski definition) is 2. The van der Waals surface area contributed by atoms with Crippen molar-refractivity contribution in [3.63, 3.8) is 0 Å². The molecule has 0 N–H and O–H groups in total. The van der Waals surface area contributed by atoms with Crippen LogP contribution in [0.15, 0.2) is 12.4 Å². The van der Waals surface area contributed by atoms with Crippen LogP contribution in [0.2, 0.25) is 0 Å². The third-order valence-electron chi connectivity index (χ3n) is 2.05. The number of carbonyl (C=O) groups is 1. The summed E-state index contributed by atoms with van der Waals surface area (Å²) >= 11 is 0. The van der Waals surface area contributed by atoms with Gasteiger partial charge in [0.15, 0.2) is 5.78 Å². The van der Waals surface area contributed by atoms with Crippen LogP contribution >= 0.6 is 0 Å². The molecule has 0 amide bonds. The van der Waals surface area contributed by atoms with E-state index in [0.29, 0.717) is 11.6 Å². The smallest absolute Gasteiger partial charge is 0.162 e. The predicted octanol–water partition coefficient (Wildman–Crippen LogP) is 2.06. The maximum atomic E-state index is 10.9. The Morgan fingerprint density at radius 2 is 2.42 bits per heavy atom. The van der Waals surface area contributed by atoms with Crippen LogP contribution in [-0.4, -0.2) is 15.6 Å². The van der Waals surface area contributed by atoms with Gasteiger partial charge in [-0.1, -0.05) is 6.92 Å². The molecule has 1 unspecified atom stereocenters. The van der Waals surface area contributed by atoms with E-state index in [9.17, 15) is 4.79 Å². The van der Waals surface area contributed by atoms with Crippen molar-refractivity contribution in [3.8, 4) is 0 Å². The fourth-order valence-corrected chi connectivity index (χ4v) is 0.948. The molecule has 1 rings (SSSR count). The highest BCUT2D eigenvalue weighted by molar-refractivity contribution is 5.93. The number of nitrogens with zero attached hydrogens (tertiary/aromatic N) is 2. The van der Waals surface area contributed by atoms with Gasteiger partial charge in [-0.2, -0.15) is 5.10 Å². The molecule has 0 aliphatic rings. The average Bonchev–Trinajstić information content (AvgIpc) is 2.51. The number of ketones is 1. The largest absolute Gasteiger partial charge is 0.294 e. The Labute approximate surface area is 72.4 Å². The lowest BCUT2D eigenvalue weighted by atomic mass is 10.2. The minimum absolute atomic E-state index is 0.0737. The maximum absolute atomic E-state index is 10.9. The summed E-state index contributed by atoms with van der Waals surface area (Å²) < 4.78 is 1.83. The summed E-state index contributed by atoms with van der Waals surface area (Å²) in [7, 11) is 0. The molecule has 0 bridgehead atoms. The Hall–Kier alpha value is -1.12. The average molecular weight is 166 g/mol. The highest BCUT2D eigenvalue weighted by atomic mass is 16.1. The van der Waals surface area contributed by atoms with E-state index >= 15 is 0 Å². The van der Waals surface area contributed by atoms with E-state index in [2.05, 4.69) is 18.9 Å². The van der Waals surface area contributed by atoms with Crippen molar-refractivity contribution >= 4 is 5.78 Å². The molecule has 0 aliphatic heterocycles. The van der Waals surface area contributed by atoms with Gasteiger partial charge in [0, 0.05) is 12.2 Å². The van der Waals surface area contributed by atoms with Crippen molar-refractivity contribution < 1.29 is 4.79 Å². The van der Waals surface area contributed by atoms with Gasteiger partial charge in [-0.15, -0.1) is 0 Å². The molecular formula is C9H14N2O. The summed E-state index contributed by atoms with van der Waals surface area (Å²) in [6, 6.07) is 0.373. The molecular weight excluding hydrogens is 152 g/mol. The van der Waals surface area contributed by atoms with E-state index in [4.69, 9.17) is 0 Å². The summed E-state index contributed by atoms with van der Waals surface area (Å²) in [6.45, 7) is 5.73. The van der Waals surface area contributed by atoms with E-state index < -0.39 is 0 Å². The molecule has 0 radical (unpaired) electrons. The number of Topliss-reactive ketones (excluding diaryl/α,β-unsaturated/α-hetero) is 1. The Bertz CT molecular complexity index is 278. The molecule has 3 heteroatoms. The fraction of sp³-hybridized carbons (Fsp3) is 0.556. The Morgan fingerprint density at radius 3 is 2.83 bits per heavy atom. The van der Waals surface area contributed by atoms with Crippen LogP contribution in [-0.2, 0) is 0 Å². The molecule has 1 atom stereocenters. The number of aromatic nitrogens is 2. The minimum atomic E-state index is 0.0737. The van der Waals surface area contributed by atoms with Crippen LogP contribution in [0.5, 0.6) is 0 Å². The van der Waals surface area contributed by atoms with Crippen molar-refractivity contribution in [2.75, 3.05) is 0 Å². The zero-order valence-corrected chi connectivity index (χ0v) is 7.74. The molecule has 0 spiro atoms. The van der Waals surface area contributed by atoms with Crippen LogP contribution in [0.1, 0.15) is 43.6 Å². The van der Waals surface area contributed by atoms with Crippen molar-refractivity contribution in [2.45, 2.75) is 33.2 Å². The van der Waals surface area contributed by atoms with E-state index in [1.165, 1.54) is 0 Å². The monoisotopic (exact) mass is 166 g/mol. The normalized spacial score (nSPS) is 12.9. The lowest BCUT2D eigenvalue weighted by Gasteiger charge is -2.07. The van der Waals surface area contributed by atoms with Crippen molar-refractivity contribution in [2.24, 2.45) is 0 Å². The van der Waals surface area contributed by atoms with Gasteiger partial charge in [-0.05, 0) is 20.3 Å². The quantitative estimate of drug-likeness (QED) is 0.644. The van der Waals surface area contributed by atoms with Crippen LogP contribution < -0.4 is 0 Å². The molecule has 12 heavy (non-hydrogen) atoms. The van der Waals surface area contributed by atoms with E-state index in [1.54, 1.807) is 19.3 Å². The van der Waals surface area contributed by atoms with E-state index in [0.717, 1.165) is 6.42 Å². The molecule has 66 valence electrons. The third kappa shape index (κ3) is 1.72. The number of rotatable bonds is 3. The van der Waals surface area contributed by atoms with Gasteiger partial charge in [-0.3, -0.25) is 9.48 Å². The second-order valence-corrected chi connectivity index (χ2v) is 3.02. The van der Waals surface area contributed by atoms with Crippen molar-refractivity contribution in [1.29, 1.82) is 0 Å². The topological polar surface area (TPSA) is 34.9 Å². The number of carbonyl (C=O) groups excluding carboxylic acids is 1. The lowest BCUT2D eigenvalue weighted by Crippen LogP contribution is -2.03. The summed E-state index contributed by atoms with van der Waals surface area (Å²) in [5.41, 5.74) is 0.690. The summed E-state index contributed by atoms with van der Waals surface area (Å²) in [4.78, 5) is 10.9. The summed E-state index contributed by atoms with van der Waals surface area (Å²) in [5, 5.41) is 4.10. The van der Waals surface area contributed by atoms with Crippen LogP contribution in [0, 0.1) is 0 Å². The van der Waals surface area contributed by atoms with E-state index in [1.807, 2.05) is 4.68 Å². The lowest BCUT2D eigenvalue weighted by molar-refractivity contribution is 0.101. The van der Waals surface area contributed by atoms with Gasteiger partial charge in [-0.25, -0.2) is 0 Å². The Kier molecular flexibility index (Phi) is 2.63. The molecule has 1 heterocycles. The Balaban J connectivity index is 2.84. The van der Waals surface area contributed by atoms with Crippen molar-refractivity contribution in [1.82, 2.24) is 9.78 Å². The molecule has 1 aromatic rings. The first kappa shape index (κ1) is 8.97. The second-order valence-electron chi connectivity index (χ2n) is 3.02. The third-order valence-corrected chi connectivity index (χ3v) is 2.05. The Morgan fingerprint density at radius 1 is 1.75 bits per heavy atom. The van der Waals surface area contributed by atoms with Gasteiger partial charge in [0.2, 0.25) is 0 Å². The molecule has 1 aromatic heterocycles. The molecule has 0 aliphatic carbocycles. The summed E-state index contributed by atoms with van der Waals surface area (Å²) in [6.07, 6.45) is 4.45. The highest BCUT2D eigenvalue weighted by Gasteiger charge is 2.06. The zero-order valence-electron chi connectivity index (χ0n) is 7.74. The van der Waals surface area contributed by atoms with Gasteiger partial charge < -0.3 is 0 Å². The maximum Gasteiger partial charge on any atom is 0.162 e. The first-order valence-corrected chi connectivity index (χ1v) is 4.20. The first-order valence-electron chi connectivity index (χ1n) is 4.20. The molecule has 0 fully saturated rings. The SMILES string of the molecule is CCC(C)n1cc(C(C)=O)cn1.